The molecule has 6 rings (SSSR count). The molecule has 7 heteroatoms. The number of para-hydroxylation sites is 1. The summed E-state index contributed by atoms with van der Waals surface area (Å²) in [5.74, 6) is 1.22. The molecule has 0 N–H and O–H groups in total. The molecule has 0 aliphatic heterocycles. The summed E-state index contributed by atoms with van der Waals surface area (Å²) in [7, 11) is -3.99. The number of hydrogen-bond donors (Lipinski definition) is 0. The van der Waals surface area contributed by atoms with Crippen LogP contribution in [0.25, 0.3) is 22.0 Å². The molecule has 0 radical (unpaired) electrons. The van der Waals surface area contributed by atoms with Gasteiger partial charge in [-0.15, -0.1) is 0 Å². The second-order valence-corrected chi connectivity index (χ2v) is 11.6. The van der Waals surface area contributed by atoms with E-state index in [-0.39, 0.29) is 10.6 Å². The fourth-order valence-electron chi connectivity index (χ4n) is 4.68. The predicted molar refractivity (Wildman–Crippen MR) is 168 cm³/mol. The van der Waals surface area contributed by atoms with E-state index in [0.29, 0.717) is 30.4 Å². The second-order valence-electron chi connectivity index (χ2n) is 10.1. The van der Waals surface area contributed by atoms with E-state index in [1.165, 1.54) is 12.1 Å². The van der Waals surface area contributed by atoms with Crippen molar-refractivity contribution in [1.29, 1.82) is 0 Å². The lowest BCUT2D eigenvalue weighted by Gasteiger charge is -2.19. The van der Waals surface area contributed by atoms with Crippen LogP contribution in [0.2, 0.25) is 0 Å². The fraction of sp³-hybridized carbons (Fsp3) is 0.0833. The number of benzene rings is 5. The van der Waals surface area contributed by atoms with Crippen LogP contribution in [0.3, 0.4) is 0 Å². The molecule has 214 valence electrons. The van der Waals surface area contributed by atoms with Crippen molar-refractivity contribution in [3.8, 4) is 28.5 Å². The summed E-state index contributed by atoms with van der Waals surface area (Å²) in [6.07, 6.45) is 0. The highest BCUT2D eigenvalue weighted by Crippen LogP contribution is 2.43. The van der Waals surface area contributed by atoms with Gasteiger partial charge in [0.15, 0.2) is 0 Å². The van der Waals surface area contributed by atoms with E-state index in [1.807, 2.05) is 91.9 Å². The van der Waals surface area contributed by atoms with Gasteiger partial charge in [0.1, 0.15) is 29.6 Å². The molecule has 0 saturated heterocycles. The van der Waals surface area contributed by atoms with Crippen LogP contribution in [0.5, 0.6) is 17.4 Å². The van der Waals surface area contributed by atoms with Crippen molar-refractivity contribution < 1.29 is 22.1 Å². The highest BCUT2D eigenvalue weighted by molar-refractivity contribution is 7.87. The molecular weight excluding hydrogens is 558 g/mol. The number of aryl methyl sites for hydroxylation is 1. The summed E-state index contributed by atoms with van der Waals surface area (Å²) in [5, 5.41) is 0.836. The molecule has 0 fully saturated rings. The SMILES string of the molecule is Cc1ccc(S(=O)(=O)Oc2ccc(-c3c(OCc4ccccc4)nc4ccccc4c3OCc3ccccc3)cc2)cc1. The van der Waals surface area contributed by atoms with Gasteiger partial charge in [0.2, 0.25) is 5.88 Å². The summed E-state index contributed by atoms with van der Waals surface area (Å²) in [4.78, 5) is 4.97. The summed E-state index contributed by atoms with van der Waals surface area (Å²) in [6.45, 7) is 2.55. The van der Waals surface area contributed by atoms with Gasteiger partial charge < -0.3 is 13.7 Å². The van der Waals surface area contributed by atoms with Crippen LogP contribution in [0.4, 0.5) is 0 Å². The van der Waals surface area contributed by atoms with Crippen molar-refractivity contribution in [1.82, 2.24) is 4.98 Å². The van der Waals surface area contributed by atoms with E-state index in [9.17, 15) is 8.42 Å². The molecule has 0 atom stereocenters. The Morgan fingerprint density at radius 3 is 1.86 bits per heavy atom. The summed E-state index contributed by atoms with van der Waals surface area (Å²) < 4.78 is 44.1. The molecule has 5 aromatic carbocycles. The molecule has 43 heavy (non-hydrogen) atoms. The monoisotopic (exact) mass is 587 g/mol. The molecular formula is C36H29NO5S. The summed E-state index contributed by atoms with van der Waals surface area (Å²) in [5.41, 5.74) is 5.12. The van der Waals surface area contributed by atoms with Gasteiger partial charge in [-0.2, -0.15) is 8.42 Å². The van der Waals surface area contributed by atoms with E-state index in [2.05, 4.69) is 0 Å². The van der Waals surface area contributed by atoms with E-state index >= 15 is 0 Å². The Labute approximate surface area is 251 Å². The first kappa shape index (κ1) is 28.0. The zero-order valence-corrected chi connectivity index (χ0v) is 24.3. The number of pyridine rings is 1. The zero-order valence-electron chi connectivity index (χ0n) is 23.5. The third kappa shape index (κ3) is 6.52. The van der Waals surface area contributed by atoms with Gasteiger partial charge in [-0.05, 0) is 60.0 Å². The number of fused-ring (bicyclic) bond motifs is 1. The van der Waals surface area contributed by atoms with E-state index in [0.717, 1.165) is 33.2 Å². The van der Waals surface area contributed by atoms with Crippen molar-refractivity contribution in [3.05, 3.63) is 150 Å². The third-order valence-electron chi connectivity index (χ3n) is 6.91. The maximum absolute atomic E-state index is 12.9. The molecule has 1 heterocycles. The maximum atomic E-state index is 12.9. The normalized spacial score (nSPS) is 11.3. The van der Waals surface area contributed by atoms with Crippen molar-refractivity contribution >= 4 is 21.0 Å². The molecule has 1 aromatic heterocycles. The topological polar surface area (TPSA) is 74.7 Å². The van der Waals surface area contributed by atoms with Crippen LogP contribution in [0.1, 0.15) is 16.7 Å². The van der Waals surface area contributed by atoms with Crippen LogP contribution in [0, 0.1) is 6.92 Å². The van der Waals surface area contributed by atoms with Gasteiger partial charge >= 0.3 is 10.1 Å². The highest BCUT2D eigenvalue weighted by atomic mass is 32.2. The van der Waals surface area contributed by atoms with E-state index in [4.69, 9.17) is 18.6 Å². The standard InChI is InChI=1S/C36H29NO5S/c1-26-16-22-31(23-17-26)43(38,39)42-30-20-18-29(19-21-30)34-35(40-24-27-10-4-2-5-11-27)32-14-8-9-15-33(32)37-36(34)41-25-28-12-6-3-7-13-28/h2-23H,24-25H2,1H3. The van der Waals surface area contributed by atoms with Crippen molar-refractivity contribution in [2.45, 2.75) is 25.0 Å². The molecule has 0 aliphatic rings. The number of hydrogen-bond acceptors (Lipinski definition) is 6. The second kappa shape index (κ2) is 12.4. The Balaban J connectivity index is 1.40. The van der Waals surface area contributed by atoms with Crippen LogP contribution >= 0.6 is 0 Å². The molecule has 6 nitrogen and oxygen atoms in total. The van der Waals surface area contributed by atoms with Crippen molar-refractivity contribution in [2.24, 2.45) is 0 Å². The van der Waals surface area contributed by atoms with Crippen LogP contribution in [-0.4, -0.2) is 13.4 Å². The van der Waals surface area contributed by atoms with Crippen molar-refractivity contribution in [3.63, 3.8) is 0 Å². The Hall–Kier alpha value is -5.14. The number of rotatable bonds is 10. The maximum Gasteiger partial charge on any atom is 0.339 e. The lowest BCUT2D eigenvalue weighted by atomic mass is 10.0. The number of aromatic nitrogens is 1. The molecule has 0 amide bonds. The summed E-state index contributed by atoms with van der Waals surface area (Å²) >= 11 is 0. The van der Waals surface area contributed by atoms with Crippen molar-refractivity contribution in [2.75, 3.05) is 0 Å². The predicted octanol–water partition coefficient (Wildman–Crippen LogP) is 8.14. The summed E-state index contributed by atoms with van der Waals surface area (Å²) in [6, 6.07) is 40.9. The average molecular weight is 588 g/mol. The number of nitrogens with zero attached hydrogens (tertiary/aromatic N) is 1. The molecule has 0 bridgehead atoms. The number of ether oxygens (including phenoxy) is 2. The van der Waals surface area contributed by atoms with Gasteiger partial charge in [0.05, 0.1) is 11.1 Å². The minimum Gasteiger partial charge on any atom is -0.487 e. The van der Waals surface area contributed by atoms with E-state index < -0.39 is 10.1 Å². The minimum absolute atomic E-state index is 0.0918. The quantitative estimate of drug-likeness (QED) is 0.151. The Morgan fingerprint density at radius 2 is 1.21 bits per heavy atom. The largest absolute Gasteiger partial charge is 0.487 e. The first-order valence-corrected chi connectivity index (χ1v) is 15.2. The fourth-order valence-corrected chi connectivity index (χ4v) is 5.61. The van der Waals surface area contributed by atoms with Gasteiger partial charge in [0, 0.05) is 5.39 Å². The zero-order chi connectivity index (χ0) is 29.6. The molecule has 0 saturated carbocycles. The van der Waals surface area contributed by atoms with Gasteiger partial charge in [-0.1, -0.05) is 103 Å². The van der Waals surface area contributed by atoms with Crippen LogP contribution in [-0.2, 0) is 23.3 Å². The van der Waals surface area contributed by atoms with Gasteiger partial charge in [0.25, 0.3) is 0 Å². The molecule has 0 unspecified atom stereocenters. The minimum atomic E-state index is -3.99. The lowest BCUT2D eigenvalue weighted by Crippen LogP contribution is -2.09. The molecule has 0 aliphatic carbocycles. The van der Waals surface area contributed by atoms with Crippen LogP contribution < -0.4 is 13.7 Å². The van der Waals surface area contributed by atoms with Crippen LogP contribution in [0.15, 0.2) is 138 Å². The Kier molecular flexibility index (Phi) is 8.07. The Bertz CT molecular complexity index is 1940. The first-order chi connectivity index (χ1) is 21.0. The third-order valence-corrected chi connectivity index (χ3v) is 8.18. The smallest absolute Gasteiger partial charge is 0.339 e. The highest BCUT2D eigenvalue weighted by Gasteiger charge is 2.21. The van der Waals surface area contributed by atoms with E-state index in [1.54, 1.807) is 36.4 Å². The van der Waals surface area contributed by atoms with Gasteiger partial charge in [-0.25, -0.2) is 4.98 Å². The molecule has 0 spiro atoms. The lowest BCUT2D eigenvalue weighted by molar-refractivity contribution is 0.287. The Morgan fingerprint density at radius 1 is 0.628 bits per heavy atom. The van der Waals surface area contributed by atoms with Gasteiger partial charge in [-0.3, -0.25) is 0 Å². The average Bonchev–Trinajstić information content (AvgIpc) is 3.04. The molecule has 6 aromatic rings. The first-order valence-electron chi connectivity index (χ1n) is 13.8.